The average molecular weight is 967 g/mol. The van der Waals surface area contributed by atoms with Gasteiger partial charge in [-0.25, -0.2) is 27.5 Å². The number of benzene rings is 8. The first kappa shape index (κ1) is 46.6. The Hall–Kier alpha value is -8.76. The SMILES string of the molecule is Cc1cc(-c2c(F)cc(-c3ccccc3)cc2F)c(N2/C(=C/C=C3C(=O)c4ccccc4C3=O)N(c3c(C(C)C)cccc3C(C)C)c3nc4ccccc4nc32)c(-c2c(F)cc(-c3ccccc3)cc2F)c1. The van der Waals surface area contributed by atoms with E-state index >= 15 is 17.6 Å². The molecule has 1 aliphatic heterocycles. The summed E-state index contributed by atoms with van der Waals surface area (Å²) >= 11 is 0. The van der Waals surface area contributed by atoms with E-state index in [1.54, 1.807) is 121 Å². The predicted octanol–water partition coefficient (Wildman–Crippen LogP) is 16.5. The third kappa shape index (κ3) is 7.99. The number of aromatic nitrogens is 2. The number of carbonyl (C=O) groups excluding carboxylic acids is 2. The molecule has 2 aliphatic rings. The van der Waals surface area contributed by atoms with Gasteiger partial charge in [0.1, 0.15) is 29.1 Å². The van der Waals surface area contributed by atoms with Crippen LogP contribution in [0.5, 0.6) is 0 Å². The molecule has 0 bridgehead atoms. The summed E-state index contributed by atoms with van der Waals surface area (Å²) in [6.45, 7) is 9.95. The van der Waals surface area contributed by atoms with Crippen LogP contribution >= 0.6 is 0 Å². The van der Waals surface area contributed by atoms with Gasteiger partial charge in [-0.1, -0.05) is 143 Å². The van der Waals surface area contributed by atoms with Gasteiger partial charge in [0.15, 0.2) is 23.2 Å². The van der Waals surface area contributed by atoms with Crippen molar-refractivity contribution in [2.24, 2.45) is 0 Å². The number of fused-ring (bicyclic) bond motifs is 3. The summed E-state index contributed by atoms with van der Waals surface area (Å²) in [6.07, 6.45) is 3.04. The van der Waals surface area contributed by atoms with Crippen molar-refractivity contribution in [3.8, 4) is 44.5 Å². The maximum atomic E-state index is 17.5. The van der Waals surface area contributed by atoms with Gasteiger partial charge in [-0.2, -0.15) is 0 Å². The van der Waals surface area contributed by atoms with E-state index in [0.29, 0.717) is 33.4 Å². The van der Waals surface area contributed by atoms with Gasteiger partial charge in [0, 0.05) is 22.3 Å². The Balaban J connectivity index is 1.29. The minimum atomic E-state index is -0.933. The lowest BCUT2D eigenvalue weighted by Crippen LogP contribution is -2.25. The maximum absolute atomic E-state index is 17.5. The van der Waals surface area contributed by atoms with Crippen molar-refractivity contribution in [3.05, 3.63) is 238 Å². The van der Waals surface area contributed by atoms with E-state index < -0.39 is 46.0 Å². The van der Waals surface area contributed by atoms with Gasteiger partial charge in [-0.15, -0.1) is 0 Å². The lowest BCUT2D eigenvalue weighted by Gasteiger charge is -2.32. The number of allylic oxidation sites excluding steroid dienone is 3. The summed E-state index contributed by atoms with van der Waals surface area (Å²) in [5.74, 6) is -4.21. The molecule has 8 aromatic carbocycles. The summed E-state index contributed by atoms with van der Waals surface area (Å²) in [4.78, 5) is 42.4. The Kier molecular flexibility index (Phi) is 11.8. The number of para-hydroxylation sites is 3. The van der Waals surface area contributed by atoms with Gasteiger partial charge in [0.2, 0.25) is 0 Å². The zero-order valence-corrected chi connectivity index (χ0v) is 40.5. The Morgan fingerprint density at radius 1 is 0.438 bits per heavy atom. The highest BCUT2D eigenvalue weighted by molar-refractivity contribution is 6.39. The van der Waals surface area contributed by atoms with E-state index in [9.17, 15) is 9.59 Å². The van der Waals surface area contributed by atoms with E-state index in [1.807, 2.05) is 41.3 Å². The van der Waals surface area contributed by atoms with Crippen LogP contribution in [0.25, 0.3) is 55.5 Å². The van der Waals surface area contributed by atoms with E-state index in [4.69, 9.17) is 9.97 Å². The summed E-state index contributed by atoms with van der Waals surface area (Å²) < 4.78 is 69.9. The Morgan fingerprint density at radius 3 is 1.26 bits per heavy atom. The summed E-state index contributed by atoms with van der Waals surface area (Å²) in [5.41, 5.74) is 4.93. The summed E-state index contributed by atoms with van der Waals surface area (Å²) in [5, 5.41) is 0. The van der Waals surface area contributed by atoms with Crippen LogP contribution in [-0.2, 0) is 0 Å². The molecule has 0 saturated heterocycles. The molecular weight excluding hydrogens is 921 g/mol. The van der Waals surface area contributed by atoms with E-state index in [1.165, 1.54) is 30.3 Å². The Labute approximate surface area is 420 Å². The second kappa shape index (κ2) is 18.4. The Morgan fingerprint density at radius 2 is 0.836 bits per heavy atom. The highest BCUT2D eigenvalue weighted by Crippen LogP contribution is 2.56. The molecule has 73 heavy (non-hydrogen) atoms. The molecule has 6 nitrogen and oxygen atoms in total. The van der Waals surface area contributed by atoms with Crippen LogP contribution < -0.4 is 9.80 Å². The van der Waals surface area contributed by atoms with Gasteiger partial charge >= 0.3 is 0 Å². The van der Waals surface area contributed by atoms with E-state index in [-0.39, 0.29) is 73.9 Å². The third-order valence-corrected chi connectivity index (χ3v) is 13.6. The molecule has 1 aromatic heterocycles. The molecule has 0 N–H and O–H groups in total. The first-order valence-electron chi connectivity index (χ1n) is 24.1. The van der Waals surface area contributed by atoms with Crippen LogP contribution in [0.1, 0.15) is 76.9 Å². The van der Waals surface area contributed by atoms with Crippen LogP contribution in [0.3, 0.4) is 0 Å². The van der Waals surface area contributed by atoms with Gasteiger partial charge in [-0.05, 0) is 118 Å². The minimum absolute atomic E-state index is 0.0420. The van der Waals surface area contributed by atoms with Gasteiger partial charge in [0.25, 0.3) is 0 Å². The normalized spacial score (nSPS) is 13.8. The molecule has 0 atom stereocenters. The number of nitrogens with zero attached hydrogens (tertiary/aromatic N) is 4. The molecule has 0 saturated carbocycles. The van der Waals surface area contributed by atoms with Crippen molar-refractivity contribution < 1.29 is 27.2 Å². The van der Waals surface area contributed by atoms with Crippen molar-refractivity contribution in [3.63, 3.8) is 0 Å². The number of ketones is 2. The van der Waals surface area contributed by atoms with Crippen molar-refractivity contribution in [2.75, 3.05) is 9.80 Å². The number of Topliss-reactive ketones (excluding diaryl/α,β-unsaturated/α-hetero) is 2. The average Bonchev–Trinajstić information content (AvgIpc) is 3.82. The molecule has 11 rings (SSSR count). The molecule has 10 heteroatoms. The fourth-order valence-electron chi connectivity index (χ4n) is 10.2. The van der Waals surface area contributed by atoms with Crippen molar-refractivity contribution in [1.82, 2.24) is 9.97 Å². The summed E-state index contributed by atoms with van der Waals surface area (Å²) in [7, 11) is 0. The van der Waals surface area contributed by atoms with E-state index in [0.717, 1.165) is 11.1 Å². The van der Waals surface area contributed by atoms with E-state index in [2.05, 4.69) is 27.7 Å². The molecule has 0 spiro atoms. The van der Waals surface area contributed by atoms with Gasteiger partial charge in [-0.3, -0.25) is 19.4 Å². The number of halogens is 4. The molecule has 9 aromatic rings. The minimum Gasteiger partial charge on any atom is -0.288 e. The molecule has 0 radical (unpaired) electrons. The first-order valence-corrected chi connectivity index (χ1v) is 24.1. The number of aryl methyl sites for hydroxylation is 1. The van der Waals surface area contributed by atoms with Crippen molar-refractivity contribution in [1.29, 1.82) is 0 Å². The highest BCUT2D eigenvalue weighted by Gasteiger charge is 2.43. The van der Waals surface area contributed by atoms with Crippen LogP contribution in [0.2, 0.25) is 0 Å². The smallest absolute Gasteiger partial charge is 0.197 e. The van der Waals surface area contributed by atoms with Crippen molar-refractivity contribution in [2.45, 2.75) is 46.5 Å². The fraction of sp³-hybridized carbons (Fsp3) is 0.111. The quantitative estimate of drug-likeness (QED) is 0.0816. The largest absolute Gasteiger partial charge is 0.288 e. The molecule has 0 unspecified atom stereocenters. The number of anilines is 4. The number of rotatable bonds is 9. The molecule has 358 valence electrons. The lowest BCUT2D eigenvalue weighted by atomic mass is 9.90. The standard InChI is InChI=1S/C63H46F4N4O2/c1-35(2)42-23-16-24-43(36(3)4)58(42)70-55(28-27-46-60(72)44-21-12-13-22-45(44)61(46)73)71(63-62(70)68-53-25-14-15-26-54(53)69-63)59-47(56-49(64)31-40(32-50(56)65)38-17-8-6-9-18-38)29-37(5)30-48(59)57-51(66)33-41(34-52(57)67)39-19-10-7-11-20-39/h6-36H,1-5H3/b55-28+. The van der Waals surface area contributed by atoms with Crippen LogP contribution in [-0.4, -0.2) is 21.5 Å². The van der Waals surface area contributed by atoms with Crippen molar-refractivity contribution >= 4 is 45.6 Å². The molecule has 0 fully saturated rings. The monoisotopic (exact) mass is 966 g/mol. The van der Waals surface area contributed by atoms with Gasteiger partial charge in [0.05, 0.1) is 39.1 Å². The van der Waals surface area contributed by atoms with Gasteiger partial charge < -0.3 is 0 Å². The highest BCUT2D eigenvalue weighted by atomic mass is 19.1. The molecule has 1 aliphatic carbocycles. The lowest BCUT2D eigenvalue weighted by molar-refractivity contribution is 0.0988. The molecule has 2 heterocycles. The fourth-order valence-corrected chi connectivity index (χ4v) is 10.2. The zero-order chi connectivity index (χ0) is 50.8. The molecule has 0 amide bonds. The summed E-state index contributed by atoms with van der Waals surface area (Å²) in [6, 6.07) is 45.7. The number of hydrogen-bond donors (Lipinski definition) is 0. The first-order chi connectivity index (χ1) is 35.3. The number of hydrogen-bond acceptors (Lipinski definition) is 6. The maximum Gasteiger partial charge on any atom is 0.197 e. The van der Waals surface area contributed by atoms with Crippen LogP contribution in [0.15, 0.2) is 187 Å². The van der Waals surface area contributed by atoms with Crippen LogP contribution in [0.4, 0.5) is 40.6 Å². The third-order valence-electron chi connectivity index (χ3n) is 13.6. The molecular formula is C63H46F4N4O2. The topological polar surface area (TPSA) is 66.4 Å². The van der Waals surface area contributed by atoms with Crippen LogP contribution in [0, 0.1) is 30.2 Å². The predicted molar refractivity (Wildman–Crippen MR) is 282 cm³/mol. The second-order valence-electron chi connectivity index (χ2n) is 19.0. The zero-order valence-electron chi connectivity index (χ0n) is 40.5. The number of carbonyl (C=O) groups is 2. The Bertz CT molecular complexity index is 3580. The second-order valence-corrected chi connectivity index (χ2v) is 19.0.